The molecule has 0 aromatic heterocycles. The number of aliphatic hydroxyl groups is 2. The number of fused-ring (bicyclic) bond motifs is 6. The molecule has 0 radical (unpaired) electrons. The SMILES string of the molecule is C[C@]12C[C@H]3O[C@@]45OCO[C@@H]4CCO[C@H]5O[C@H]3C=C1CC[C@@H]1[C@@H]2[C@H](O)C[C@]2(C)[C@@H](C3=CC(=O)OC3)CC[C@]12O. The maximum absolute atomic E-state index is 12.5. The molecule has 4 aliphatic heterocycles. The molecule has 8 aliphatic rings. The lowest BCUT2D eigenvalue weighted by Gasteiger charge is -2.64. The lowest BCUT2D eigenvalue weighted by atomic mass is 9.44. The van der Waals surface area contributed by atoms with Crippen LogP contribution in [0.4, 0.5) is 0 Å². The second kappa shape index (κ2) is 7.90. The van der Waals surface area contributed by atoms with E-state index in [1.54, 1.807) is 6.08 Å². The van der Waals surface area contributed by atoms with Gasteiger partial charge in [-0.25, -0.2) is 4.79 Å². The van der Waals surface area contributed by atoms with E-state index in [-0.39, 0.29) is 54.2 Å². The van der Waals surface area contributed by atoms with Crippen molar-refractivity contribution in [2.45, 2.75) is 101 Å². The summed E-state index contributed by atoms with van der Waals surface area (Å²) in [6, 6.07) is 0. The number of carbonyl (C=O) groups is 1. The highest BCUT2D eigenvalue weighted by Crippen LogP contribution is 2.69. The smallest absolute Gasteiger partial charge is 0.331 e. The molecule has 2 N–H and O–H groups in total. The Bertz CT molecular complexity index is 1120. The Morgan fingerprint density at radius 1 is 1.11 bits per heavy atom. The maximum Gasteiger partial charge on any atom is 0.331 e. The Balaban J connectivity index is 1.13. The molecule has 4 heterocycles. The normalized spacial score (nSPS) is 56.9. The summed E-state index contributed by atoms with van der Waals surface area (Å²) in [5.41, 5.74) is 0.473. The van der Waals surface area contributed by atoms with E-state index in [2.05, 4.69) is 19.9 Å². The quantitative estimate of drug-likeness (QED) is 0.390. The summed E-state index contributed by atoms with van der Waals surface area (Å²) >= 11 is 0. The third-order valence-corrected chi connectivity index (χ3v) is 11.9. The number of esters is 1. The second-order valence-corrected chi connectivity index (χ2v) is 13.4. The van der Waals surface area contributed by atoms with Crippen LogP contribution in [0, 0.1) is 28.6 Å². The van der Waals surface area contributed by atoms with Gasteiger partial charge in [0.2, 0.25) is 12.1 Å². The third kappa shape index (κ3) is 2.94. The summed E-state index contributed by atoms with van der Waals surface area (Å²) in [4.78, 5) is 11.9. The van der Waals surface area contributed by atoms with Crippen molar-refractivity contribution in [3.63, 3.8) is 0 Å². The minimum atomic E-state index is -1.05. The van der Waals surface area contributed by atoms with Crippen molar-refractivity contribution in [2.24, 2.45) is 28.6 Å². The Morgan fingerprint density at radius 3 is 2.79 bits per heavy atom. The minimum Gasteiger partial charge on any atom is -0.458 e. The highest BCUT2D eigenvalue weighted by atomic mass is 16.9. The maximum atomic E-state index is 12.5. The first-order valence-corrected chi connectivity index (χ1v) is 14.4. The number of hydrogen-bond acceptors (Lipinski definition) is 9. The average molecular weight is 531 g/mol. The van der Waals surface area contributed by atoms with Crippen LogP contribution in [0.25, 0.3) is 0 Å². The predicted octanol–water partition coefficient (Wildman–Crippen LogP) is 2.34. The van der Waals surface area contributed by atoms with Crippen LogP contribution in [0.1, 0.15) is 58.8 Å². The van der Waals surface area contributed by atoms with Gasteiger partial charge in [-0.2, -0.15) is 0 Å². The fraction of sp³-hybridized carbons (Fsp3) is 0.828. The fourth-order valence-electron chi connectivity index (χ4n) is 10.2. The van der Waals surface area contributed by atoms with Crippen molar-refractivity contribution in [1.82, 2.24) is 0 Å². The summed E-state index contributed by atoms with van der Waals surface area (Å²) in [6.45, 7) is 5.36. The monoisotopic (exact) mass is 530 g/mol. The molecule has 9 nitrogen and oxygen atoms in total. The number of cyclic esters (lactones) is 1. The zero-order valence-corrected chi connectivity index (χ0v) is 22.1. The van der Waals surface area contributed by atoms with Gasteiger partial charge in [0, 0.05) is 17.9 Å². The molecule has 8 rings (SSSR count). The van der Waals surface area contributed by atoms with Gasteiger partial charge in [-0.3, -0.25) is 0 Å². The Morgan fingerprint density at radius 2 is 1.97 bits per heavy atom. The zero-order chi connectivity index (χ0) is 26.1. The average Bonchev–Trinajstić information content (AvgIpc) is 3.55. The van der Waals surface area contributed by atoms with Crippen molar-refractivity contribution in [1.29, 1.82) is 0 Å². The van der Waals surface area contributed by atoms with Gasteiger partial charge < -0.3 is 38.6 Å². The van der Waals surface area contributed by atoms with Crippen LogP contribution in [0.2, 0.25) is 0 Å². The van der Waals surface area contributed by atoms with Gasteiger partial charge in [-0.15, -0.1) is 0 Å². The zero-order valence-electron chi connectivity index (χ0n) is 22.1. The van der Waals surface area contributed by atoms with E-state index in [1.165, 1.54) is 5.57 Å². The first kappa shape index (κ1) is 24.5. The Kier molecular flexibility index (Phi) is 5.09. The van der Waals surface area contributed by atoms with Crippen LogP contribution >= 0.6 is 0 Å². The molecule has 3 saturated heterocycles. The molecule has 4 aliphatic carbocycles. The molecule has 0 amide bonds. The van der Waals surface area contributed by atoms with E-state index in [1.807, 2.05) is 0 Å². The van der Waals surface area contributed by atoms with Crippen molar-refractivity contribution < 1.29 is 43.4 Å². The summed E-state index contributed by atoms with van der Waals surface area (Å²) in [7, 11) is 0. The molecule has 0 bridgehead atoms. The molecule has 0 unspecified atom stereocenters. The van der Waals surface area contributed by atoms with Crippen molar-refractivity contribution in [3.8, 4) is 0 Å². The number of hydrogen-bond donors (Lipinski definition) is 2. The second-order valence-electron chi connectivity index (χ2n) is 13.4. The van der Waals surface area contributed by atoms with Gasteiger partial charge in [-0.1, -0.05) is 25.5 Å². The van der Waals surface area contributed by atoms with Crippen LogP contribution < -0.4 is 0 Å². The lowest BCUT2D eigenvalue weighted by molar-refractivity contribution is -0.422. The van der Waals surface area contributed by atoms with Crippen LogP contribution in [0.5, 0.6) is 0 Å². The number of ether oxygens (including phenoxy) is 6. The van der Waals surface area contributed by atoms with E-state index in [0.717, 1.165) is 24.8 Å². The van der Waals surface area contributed by atoms with Gasteiger partial charge in [0.1, 0.15) is 18.8 Å². The summed E-state index contributed by atoms with van der Waals surface area (Å²) in [6.07, 6.45) is 6.87. The van der Waals surface area contributed by atoms with Crippen molar-refractivity contribution in [3.05, 3.63) is 23.3 Å². The van der Waals surface area contributed by atoms with Gasteiger partial charge in [0.25, 0.3) is 0 Å². The third-order valence-electron chi connectivity index (χ3n) is 11.9. The van der Waals surface area contributed by atoms with E-state index < -0.39 is 29.2 Å². The largest absolute Gasteiger partial charge is 0.458 e. The minimum absolute atomic E-state index is 0.0314. The molecule has 1 spiro atoms. The summed E-state index contributed by atoms with van der Waals surface area (Å²) in [5, 5.41) is 24.4. The number of allylic oxidation sites excluding steroid dienone is 1. The van der Waals surface area contributed by atoms with Gasteiger partial charge >= 0.3 is 5.97 Å². The first-order chi connectivity index (χ1) is 18.2. The Hall–Kier alpha value is -1.33. The molecule has 3 saturated carbocycles. The highest BCUT2D eigenvalue weighted by Gasteiger charge is 2.71. The van der Waals surface area contributed by atoms with Crippen LogP contribution in [-0.4, -0.2) is 78.3 Å². The summed E-state index contributed by atoms with van der Waals surface area (Å²) < 4.78 is 36.2. The number of rotatable bonds is 1. The fourth-order valence-corrected chi connectivity index (χ4v) is 10.2. The highest BCUT2D eigenvalue weighted by molar-refractivity contribution is 5.85. The van der Waals surface area contributed by atoms with Crippen LogP contribution in [0.3, 0.4) is 0 Å². The van der Waals surface area contributed by atoms with Crippen LogP contribution in [-0.2, 0) is 33.2 Å². The van der Waals surface area contributed by atoms with Crippen molar-refractivity contribution in [2.75, 3.05) is 20.0 Å². The van der Waals surface area contributed by atoms with Gasteiger partial charge in [0.15, 0.2) is 6.79 Å². The van der Waals surface area contributed by atoms with Crippen molar-refractivity contribution >= 4 is 5.97 Å². The standard InChI is InChI=1S/C29H38O9/c1-26-12-21-20(37-25-29(38-21)22(6-8-33-25)35-14-36-29)10-16(26)3-4-18-24(26)19(30)11-27(2)17(5-7-28(18,27)32)15-9-23(31)34-13-15/h9-10,17-22,24-25,30,32H,3-8,11-14H2,1-2H3/t17-,18-,19-,20+,21-,22-,24-,25+,26+,27-,28+,29+/m1/s1. The predicted molar refractivity (Wildman–Crippen MR) is 130 cm³/mol. The molecular formula is C29H38O9. The molecule has 38 heavy (non-hydrogen) atoms. The Labute approximate surface area is 222 Å². The topological polar surface area (TPSA) is 113 Å². The number of aliphatic hydroxyl groups excluding tert-OH is 1. The van der Waals surface area contributed by atoms with Gasteiger partial charge in [0.05, 0.1) is 24.4 Å². The van der Waals surface area contributed by atoms with E-state index in [9.17, 15) is 15.0 Å². The molecule has 208 valence electrons. The van der Waals surface area contributed by atoms with E-state index in [4.69, 9.17) is 28.4 Å². The molecule has 0 aromatic rings. The first-order valence-electron chi connectivity index (χ1n) is 14.4. The molecule has 9 heteroatoms. The van der Waals surface area contributed by atoms with Gasteiger partial charge in [-0.05, 0) is 67.3 Å². The molecule has 6 fully saturated rings. The molecule has 0 aromatic carbocycles. The van der Waals surface area contributed by atoms with E-state index in [0.29, 0.717) is 38.9 Å². The lowest BCUT2D eigenvalue weighted by Crippen LogP contribution is -2.69. The summed E-state index contributed by atoms with van der Waals surface area (Å²) in [5.74, 6) is -1.48. The van der Waals surface area contributed by atoms with E-state index >= 15 is 0 Å². The molecular weight excluding hydrogens is 492 g/mol. The molecule has 12 atom stereocenters. The van der Waals surface area contributed by atoms with Crippen LogP contribution in [0.15, 0.2) is 23.3 Å². The number of carbonyl (C=O) groups excluding carboxylic acids is 1.